The molecule has 2 unspecified atom stereocenters. The first-order chi connectivity index (χ1) is 19.0. The maximum absolute atomic E-state index is 8.30. The number of aromatic nitrogens is 4. The van der Waals surface area contributed by atoms with Gasteiger partial charge in [-0.15, -0.1) is 18.3 Å². The number of rotatable bonds is 10. The van der Waals surface area contributed by atoms with Crippen LogP contribution in [0.2, 0.25) is 0 Å². The number of hydrogen-bond donors (Lipinski definition) is 2. The van der Waals surface area contributed by atoms with Gasteiger partial charge in [-0.2, -0.15) is 0 Å². The van der Waals surface area contributed by atoms with Crippen molar-refractivity contribution in [3.05, 3.63) is 77.0 Å². The molecular weight excluding hydrogens is 700 g/mol. The quantitative estimate of drug-likeness (QED) is 0.123. The van der Waals surface area contributed by atoms with Gasteiger partial charge in [0.25, 0.3) is 0 Å². The molecule has 0 fully saturated rings. The fourth-order valence-electron chi connectivity index (χ4n) is 4.24. The minimum absolute atomic E-state index is 0. The van der Waals surface area contributed by atoms with Gasteiger partial charge in [0.1, 0.15) is 0 Å². The molecule has 0 amide bonds. The molecule has 230 valence electrons. The largest absolute Gasteiger partial charge is 2.00 e. The van der Waals surface area contributed by atoms with Gasteiger partial charge in [0.2, 0.25) is 0 Å². The predicted octanol–water partition coefficient (Wildman–Crippen LogP) is 8.91. The van der Waals surface area contributed by atoms with Crippen LogP contribution in [0.4, 0.5) is 5.82 Å². The van der Waals surface area contributed by atoms with Crippen LogP contribution >= 0.6 is 0 Å². The number of hydrogen-bond acceptors (Lipinski definition) is 5. The third-order valence-electron chi connectivity index (χ3n) is 8.07. The normalized spacial score (nSPS) is 14.0. The van der Waals surface area contributed by atoms with Gasteiger partial charge in [-0.25, -0.2) is 0 Å². The van der Waals surface area contributed by atoms with Gasteiger partial charge < -0.3 is 15.4 Å². The van der Waals surface area contributed by atoms with Crippen LogP contribution < -0.4 is 5.32 Å². The van der Waals surface area contributed by atoms with E-state index in [9.17, 15) is 0 Å². The van der Waals surface area contributed by atoms with Crippen LogP contribution in [0.25, 0.3) is 5.82 Å². The molecule has 3 aromatic rings. The zero-order chi connectivity index (χ0) is 30.8. The Morgan fingerprint density at radius 2 is 1.45 bits per heavy atom. The maximum atomic E-state index is 8.30. The molecule has 0 aromatic carbocycles. The van der Waals surface area contributed by atoms with E-state index >= 15 is 0 Å². The molecule has 0 aliphatic heterocycles. The van der Waals surface area contributed by atoms with Gasteiger partial charge in [0.05, 0.1) is 5.82 Å². The molecule has 3 aromatic heterocycles. The van der Waals surface area contributed by atoms with E-state index in [4.69, 9.17) is 20.5 Å². The summed E-state index contributed by atoms with van der Waals surface area (Å²) in [6.07, 6.45) is 10.1. The number of anilines is 1. The van der Waals surface area contributed by atoms with Gasteiger partial charge in [-0.1, -0.05) is 104 Å². The van der Waals surface area contributed by atoms with E-state index in [0.717, 1.165) is 41.6 Å². The van der Waals surface area contributed by atoms with Crippen molar-refractivity contribution in [2.75, 3.05) is 5.32 Å². The Morgan fingerprint density at radius 1 is 0.905 bits per heavy atom. The second-order valence-corrected chi connectivity index (χ2v) is 14.0. The Bertz CT molecular complexity index is 1390. The molecule has 0 bridgehead atoms. The average Bonchev–Trinajstić information content (AvgIpc) is 3.42. The standard InChI is InChI=1S/C35H50N6.Pt/c1-13-23(3)25-19-29(38-31(21-25)37-17-15-27(36)33(5,6)7)35(11,12)30-20-26(24(4)14-2)22-32(39-30)41-18-16-28(40-41)34(8,9)10;/h15-16,19-24,36H,13-14H2,1-12H3,(H,37,38);/q-2;+2. The Morgan fingerprint density at radius 3 is 1.95 bits per heavy atom. The van der Waals surface area contributed by atoms with Crippen molar-refractivity contribution in [3.63, 3.8) is 0 Å². The summed E-state index contributed by atoms with van der Waals surface area (Å²) >= 11 is 0. The molecule has 3 heterocycles. The number of allylic oxidation sites excluding steroid dienone is 1. The van der Waals surface area contributed by atoms with Crippen molar-refractivity contribution < 1.29 is 21.1 Å². The zero-order valence-electron chi connectivity index (χ0n) is 27.6. The number of pyridine rings is 2. The summed E-state index contributed by atoms with van der Waals surface area (Å²) in [6.45, 7) is 25.8. The fourth-order valence-corrected chi connectivity index (χ4v) is 4.24. The van der Waals surface area contributed by atoms with Crippen molar-refractivity contribution in [3.8, 4) is 5.82 Å². The molecule has 0 aliphatic carbocycles. The molecule has 2 atom stereocenters. The van der Waals surface area contributed by atoms with Gasteiger partial charge >= 0.3 is 21.1 Å². The van der Waals surface area contributed by atoms with Crippen LogP contribution in [0.3, 0.4) is 0 Å². The monoisotopic (exact) mass is 749 g/mol. The van der Waals surface area contributed by atoms with Crippen molar-refractivity contribution in [1.29, 1.82) is 5.41 Å². The zero-order valence-corrected chi connectivity index (χ0v) is 29.9. The van der Waals surface area contributed by atoms with E-state index in [1.54, 1.807) is 10.8 Å². The second kappa shape index (κ2) is 13.8. The third-order valence-corrected chi connectivity index (χ3v) is 8.07. The summed E-state index contributed by atoms with van der Waals surface area (Å²) in [5, 5.41) is 16.4. The van der Waals surface area contributed by atoms with Gasteiger partial charge in [-0.3, -0.25) is 15.1 Å². The minimum atomic E-state index is -0.486. The summed E-state index contributed by atoms with van der Waals surface area (Å²) in [7, 11) is 0. The van der Waals surface area contributed by atoms with E-state index < -0.39 is 5.41 Å². The summed E-state index contributed by atoms with van der Waals surface area (Å²) in [5.74, 6) is 2.24. The van der Waals surface area contributed by atoms with E-state index in [-0.39, 0.29) is 31.9 Å². The van der Waals surface area contributed by atoms with E-state index in [0.29, 0.717) is 17.5 Å². The Balaban J connectivity index is 0.00000616. The molecule has 42 heavy (non-hydrogen) atoms. The molecule has 0 radical (unpaired) electrons. The first-order valence-electron chi connectivity index (χ1n) is 14.9. The molecule has 0 saturated heterocycles. The maximum Gasteiger partial charge on any atom is 2.00 e. The Labute approximate surface area is 269 Å². The third kappa shape index (κ3) is 8.49. The molecule has 0 aliphatic rings. The summed E-state index contributed by atoms with van der Waals surface area (Å²) in [4.78, 5) is 10.2. The minimum Gasteiger partial charge on any atom is -0.453 e. The number of nitrogens with zero attached hydrogens (tertiary/aromatic N) is 4. The van der Waals surface area contributed by atoms with Crippen LogP contribution in [0.1, 0.15) is 136 Å². The first-order valence-corrected chi connectivity index (χ1v) is 14.9. The summed E-state index contributed by atoms with van der Waals surface area (Å²) in [5.41, 5.74) is 5.02. The van der Waals surface area contributed by atoms with Crippen LogP contribution in [0.5, 0.6) is 0 Å². The second-order valence-electron chi connectivity index (χ2n) is 14.0. The average molecular weight is 750 g/mol. The molecular formula is C35H50N6Pt. The molecule has 0 spiro atoms. The topological polar surface area (TPSA) is 79.5 Å². The molecule has 7 heteroatoms. The summed E-state index contributed by atoms with van der Waals surface area (Å²) in [6, 6.07) is 10.6. The van der Waals surface area contributed by atoms with Gasteiger partial charge in [0.15, 0.2) is 0 Å². The first kappa shape index (κ1) is 35.6. The Hall–Kier alpha value is -2.59. The van der Waals surface area contributed by atoms with Crippen LogP contribution in [0.15, 0.2) is 36.4 Å². The van der Waals surface area contributed by atoms with Crippen LogP contribution in [0, 0.1) is 23.2 Å². The van der Waals surface area contributed by atoms with Crippen molar-refractivity contribution >= 4 is 11.5 Å². The van der Waals surface area contributed by atoms with Crippen LogP contribution in [-0.2, 0) is 31.9 Å². The van der Waals surface area contributed by atoms with Crippen molar-refractivity contribution in [1.82, 2.24) is 19.7 Å². The van der Waals surface area contributed by atoms with Gasteiger partial charge in [0, 0.05) is 22.6 Å². The van der Waals surface area contributed by atoms with Crippen LogP contribution in [-0.4, -0.2) is 25.5 Å². The SMILES string of the molecule is CCC(C)c1cc(N[C-]=CC(=N)C(C)(C)C)nc(C(C)(C)c2cc(C(C)CC)cc(-n3[c-]cc(C(C)(C)C)n3)n2)c1.[Pt+2]. The van der Waals surface area contributed by atoms with E-state index in [1.165, 1.54) is 11.1 Å². The van der Waals surface area contributed by atoms with Crippen molar-refractivity contribution in [2.45, 2.75) is 119 Å². The van der Waals surface area contributed by atoms with E-state index in [1.807, 2.05) is 26.8 Å². The molecule has 3 rings (SSSR count). The summed E-state index contributed by atoms with van der Waals surface area (Å²) < 4.78 is 1.78. The smallest absolute Gasteiger partial charge is 0.453 e. The predicted molar refractivity (Wildman–Crippen MR) is 171 cm³/mol. The number of nitrogens with one attached hydrogen (secondary N) is 2. The van der Waals surface area contributed by atoms with Crippen molar-refractivity contribution in [2.24, 2.45) is 5.41 Å². The van der Waals surface area contributed by atoms with Gasteiger partial charge in [-0.05, 0) is 67.2 Å². The fraction of sp³-hybridized carbons (Fsp3) is 0.543. The molecule has 2 N–H and O–H groups in total. The van der Waals surface area contributed by atoms with E-state index in [2.05, 4.69) is 104 Å². The molecule has 6 nitrogen and oxygen atoms in total. The Kier molecular flexibility index (Phi) is 11.7. The molecule has 0 saturated carbocycles.